The van der Waals surface area contributed by atoms with Gasteiger partial charge in [-0.2, -0.15) is 0 Å². The Labute approximate surface area is 122 Å². The summed E-state index contributed by atoms with van der Waals surface area (Å²) in [5, 5.41) is 11.1. The minimum absolute atomic E-state index is 0.0253. The summed E-state index contributed by atoms with van der Waals surface area (Å²) in [7, 11) is 8.44. The molecule has 1 aromatic rings. The van der Waals surface area contributed by atoms with Crippen LogP contribution in [0.1, 0.15) is 5.69 Å². The van der Waals surface area contributed by atoms with Gasteiger partial charge in [-0.15, -0.1) is 0 Å². The van der Waals surface area contributed by atoms with Crippen LogP contribution in [0.5, 0.6) is 0 Å². The van der Waals surface area contributed by atoms with Crippen molar-refractivity contribution in [2.75, 3.05) is 28.2 Å². The molecule has 0 saturated heterocycles. The third-order valence-electron chi connectivity index (χ3n) is 2.39. The van der Waals surface area contributed by atoms with Gasteiger partial charge in [0.1, 0.15) is 0 Å². The molecule has 114 valence electrons. The quantitative estimate of drug-likeness (QED) is 0.338. The molecule has 0 aliphatic heterocycles. The molecule has 0 radical (unpaired) electrons. The maximum atomic E-state index is 12.1. The molecule has 0 amide bonds. The van der Waals surface area contributed by atoms with E-state index in [-0.39, 0.29) is 11.6 Å². The number of hydrogen-bond donors (Lipinski definition) is 0. The lowest BCUT2D eigenvalue weighted by molar-refractivity contribution is -0.387. The zero-order valence-corrected chi connectivity index (χ0v) is 12.6. The molecular formula is C12H18N6O3. The van der Waals surface area contributed by atoms with E-state index in [1.165, 1.54) is 19.5 Å². The molecule has 9 heteroatoms. The van der Waals surface area contributed by atoms with Gasteiger partial charge in [-0.1, -0.05) is 0 Å². The lowest BCUT2D eigenvalue weighted by Gasteiger charge is -2.07. The van der Waals surface area contributed by atoms with E-state index >= 15 is 0 Å². The average Bonchev–Trinajstić information content (AvgIpc) is 2.37. The SMILES string of the molecule is CN(C)/C=C/c1nc(/N=C/N(C)C)n(C)c(=O)c1[N+](=O)[O-]. The zero-order chi connectivity index (χ0) is 16.2. The second kappa shape index (κ2) is 6.64. The Balaban J connectivity index is 3.52. The monoisotopic (exact) mass is 294 g/mol. The molecule has 1 rings (SSSR count). The van der Waals surface area contributed by atoms with Gasteiger partial charge in [-0.25, -0.2) is 9.98 Å². The van der Waals surface area contributed by atoms with Crippen LogP contribution < -0.4 is 5.56 Å². The van der Waals surface area contributed by atoms with Gasteiger partial charge in [-0.05, 0) is 6.08 Å². The second-order valence-corrected chi connectivity index (χ2v) is 4.75. The topological polar surface area (TPSA) is 96.9 Å². The summed E-state index contributed by atoms with van der Waals surface area (Å²) in [6, 6.07) is 0. The first-order valence-electron chi connectivity index (χ1n) is 6.04. The molecular weight excluding hydrogens is 276 g/mol. The van der Waals surface area contributed by atoms with Crippen LogP contribution in [0.25, 0.3) is 6.08 Å². The smallest absolute Gasteiger partial charge is 0.359 e. The Morgan fingerprint density at radius 1 is 1.29 bits per heavy atom. The van der Waals surface area contributed by atoms with Gasteiger partial charge < -0.3 is 9.80 Å². The van der Waals surface area contributed by atoms with Crippen molar-refractivity contribution in [3.05, 3.63) is 32.4 Å². The summed E-state index contributed by atoms with van der Waals surface area (Å²) in [4.78, 5) is 33.9. The van der Waals surface area contributed by atoms with E-state index in [1.807, 2.05) is 0 Å². The van der Waals surface area contributed by atoms with Crippen LogP contribution in [0.2, 0.25) is 0 Å². The predicted molar refractivity (Wildman–Crippen MR) is 80.7 cm³/mol. The molecule has 9 nitrogen and oxygen atoms in total. The molecule has 0 aromatic carbocycles. The highest BCUT2D eigenvalue weighted by Gasteiger charge is 2.22. The van der Waals surface area contributed by atoms with Gasteiger partial charge >= 0.3 is 11.2 Å². The summed E-state index contributed by atoms with van der Waals surface area (Å²) in [6.07, 6.45) is 4.45. The first-order chi connectivity index (χ1) is 9.73. The van der Waals surface area contributed by atoms with Crippen molar-refractivity contribution < 1.29 is 4.92 Å². The largest absolute Gasteiger partial charge is 0.383 e. The first kappa shape index (κ1) is 16.3. The fourth-order valence-electron chi connectivity index (χ4n) is 1.38. The second-order valence-electron chi connectivity index (χ2n) is 4.75. The predicted octanol–water partition coefficient (Wildman–Crippen LogP) is 0.442. The molecule has 0 atom stereocenters. The number of aliphatic imine (C=N–C) groups is 1. The lowest BCUT2D eigenvalue weighted by atomic mass is 10.3. The molecule has 1 aromatic heterocycles. The average molecular weight is 294 g/mol. The summed E-state index contributed by atoms with van der Waals surface area (Å²) in [6.45, 7) is 0. The Bertz CT molecular complexity index is 645. The first-order valence-corrected chi connectivity index (χ1v) is 6.04. The fourth-order valence-corrected chi connectivity index (χ4v) is 1.38. The van der Waals surface area contributed by atoms with Gasteiger partial charge in [0.15, 0.2) is 5.69 Å². The minimum atomic E-state index is -0.751. The van der Waals surface area contributed by atoms with Gasteiger partial charge in [0.25, 0.3) is 0 Å². The van der Waals surface area contributed by atoms with Crippen molar-refractivity contribution in [2.45, 2.75) is 0 Å². The standard InChI is InChI=1S/C12H18N6O3/c1-15(2)7-6-9-10(18(20)21)11(19)17(5)12(14-9)13-8-16(3)4/h6-8H,1-5H3/b7-6+,13-8+. The highest BCUT2D eigenvalue weighted by molar-refractivity contribution is 5.61. The number of rotatable bonds is 5. The number of aromatic nitrogens is 2. The third-order valence-corrected chi connectivity index (χ3v) is 2.39. The third kappa shape index (κ3) is 4.13. The van der Waals surface area contributed by atoms with Crippen LogP contribution in [0, 0.1) is 10.1 Å². The highest BCUT2D eigenvalue weighted by Crippen LogP contribution is 2.16. The van der Waals surface area contributed by atoms with E-state index in [9.17, 15) is 14.9 Å². The molecule has 0 aliphatic carbocycles. The molecule has 0 saturated carbocycles. The van der Waals surface area contributed by atoms with E-state index in [1.54, 1.807) is 44.2 Å². The van der Waals surface area contributed by atoms with Crippen molar-refractivity contribution in [1.29, 1.82) is 0 Å². The fraction of sp³-hybridized carbons (Fsp3) is 0.417. The number of hydrogen-bond acceptors (Lipinski definition) is 6. The summed E-state index contributed by atoms with van der Waals surface area (Å²) < 4.78 is 1.05. The van der Waals surface area contributed by atoms with Crippen LogP contribution >= 0.6 is 0 Å². The maximum absolute atomic E-state index is 12.1. The van der Waals surface area contributed by atoms with Crippen LogP contribution in [0.3, 0.4) is 0 Å². The lowest BCUT2D eigenvalue weighted by Crippen LogP contribution is -2.23. The van der Waals surface area contributed by atoms with Crippen LogP contribution in [-0.4, -0.2) is 58.8 Å². The molecule has 0 bridgehead atoms. The van der Waals surface area contributed by atoms with E-state index in [0.717, 1.165) is 4.57 Å². The molecule has 0 aliphatic rings. The molecule has 0 unspecified atom stereocenters. The summed E-state index contributed by atoms with van der Waals surface area (Å²) in [5.41, 5.74) is -1.35. The Morgan fingerprint density at radius 3 is 2.38 bits per heavy atom. The van der Waals surface area contributed by atoms with Crippen LogP contribution in [-0.2, 0) is 7.05 Å². The van der Waals surface area contributed by atoms with Crippen LogP contribution in [0.15, 0.2) is 16.0 Å². The molecule has 1 heterocycles. The Kier molecular flexibility index (Phi) is 5.17. The zero-order valence-electron chi connectivity index (χ0n) is 12.6. The number of nitro groups is 1. The summed E-state index contributed by atoms with van der Waals surface area (Å²) in [5.74, 6) is 0.0951. The van der Waals surface area contributed by atoms with E-state index < -0.39 is 16.2 Å². The normalized spacial score (nSPS) is 11.3. The van der Waals surface area contributed by atoms with Gasteiger partial charge in [-0.3, -0.25) is 19.5 Å². The van der Waals surface area contributed by atoms with E-state index in [2.05, 4.69) is 9.98 Å². The highest BCUT2D eigenvalue weighted by atomic mass is 16.6. The van der Waals surface area contributed by atoms with Crippen molar-refractivity contribution in [2.24, 2.45) is 12.0 Å². The van der Waals surface area contributed by atoms with Crippen molar-refractivity contribution in [3.63, 3.8) is 0 Å². The maximum Gasteiger partial charge on any atom is 0.359 e. The van der Waals surface area contributed by atoms with Gasteiger partial charge in [0, 0.05) is 41.4 Å². The van der Waals surface area contributed by atoms with Crippen molar-refractivity contribution in [3.8, 4) is 0 Å². The molecule has 0 N–H and O–H groups in total. The van der Waals surface area contributed by atoms with Crippen LogP contribution in [0.4, 0.5) is 11.6 Å². The summed E-state index contributed by atoms with van der Waals surface area (Å²) >= 11 is 0. The molecule has 0 fully saturated rings. The number of nitrogens with zero attached hydrogens (tertiary/aromatic N) is 6. The van der Waals surface area contributed by atoms with Gasteiger partial charge in [0.2, 0.25) is 5.95 Å². The minimum Gasteiger partial charge on any atom is -0.383 e. The van der Waals surface area contributed by atoms with Gasteiger partial charge in [0.05, 0.1) is 11.3 Å². The van der Waals surface area contributed by atoms with Crippen molar-refractivity contribution in [1.82, 2.24) is 19.4 Å². The van der Waals surface area contributed by atoms with E-state index in [0.29, 0.717) is 0 Å². The van der Waals surface area contributed by atoms with E-state index in [4.69, 9.17) is 0 Å². The molecule has 0 spiro atoms. The Hall–Kier alpha value is -2.71. The Morgan fingerprint density at radius 2 is 1.90 bits per heavy atom. The molecule has 21 heavy (non-hydrogen) atoms. The van der Waals surface area contributed by atoms with Crippen molar-refractivity contribution >= 4 is 24.1 Å².